The highest BCUT2D eigenvalue weighted by molar-refractivity contribution is 5.76. The van der Waals surface area contributed by atoms with Crippen molar-refractivity contribution in [2.24, 2.45) is 0 Å². The van der Waals surface area contributed by atoms with Gasteiger partial charge in [0.15, 0.2) is 0 Å². The Morgan fingerprint density at radius 3 is 2.83 bits per heavy atom. The van der Waals surface area contributed by atoms with E-state index in [0.717, 1.165) is 5.56 Å². The maximum absolute atomic E-state index is 11.7. The molecule has 0 fully saturated rings. The van der Waals surface area contributed by atoms with Crippen molar-refractivity contribution in [1.82, 2.24) is 10.3 Å². The molecule has 0 saturated carbocycles. The van der Waals surface area contributed by atoms with E-state index in [2.05, 4.69) is 10.3 Å². The Kier molecular flexibility index (Phi) is 6.98. The molecule has 5 nitrogen and oxygen atoms in total. The van der Waals surface area contributed by atoms with Crippen molar-refractivity contribution in [2.75, 3.05) is 20.3 Å². The van der Waals surface area contributed by atoms with Crippen molar-refractivity contribution in [3.63, 3.8) is 0 Å². The number of aromatic nitrogens is 1. The van der Waals surface area contributed by atoms with Gasteiger partial charge in [-0.3, -0.25) is 9.78 Å². The van der Waals surface area contributed by atoms with E-state index in [1.54, 1.807) is 19.5 Å². The fourth-order valence-electron chi connectivity index (χ4n) is 1.66. The average molecular weight is 252 g/mol. The van der Waals surface area contributed by atoms with Crippen molar-refractivity contribution in [1.29, 1.82) is 0 Å². The second kappa shape index (κ2) is 8.60. The summed E-state index contributed by atoms with van der Waals surface area (Å²) in [7, 11) is 1.58. The first-order chi connectivity index (χ1) is 8.76. The van der Waals surface area contributed by atoms with E-state index in [1.807, 2.05) is 12.1 Å². The second-order valence-corrected chi connectivity index (χ2v) is 4.09. The zero-order chi connectivity index (χ0) is 13.2. The minimum Gasteiger partial charge on any atom is -0.396 e. The van der Waals surface area contributed by atoms with Crippen LogP contribution in [0.15, 0.2) is 24.5 Å². The van der Waals surface area contributed by atoms with Gasteiger partial charge in [0.1, 0.15) is 0 Å². The van der Waals surface area contributed by atoms with E-state index in [1.165, 1.54) is 0 Å². The summed E-state index contributed by atoms with van der Waals surface area (Å²) in [5.74, 6) is -0.0256. The molecule has 0 saturated heterocycles. The lowest BCUT2D eigenvalue weighted by Gasteiger charge is -2.16. The van der Waals surface area contributed by atoms with E-state index in [0.29, 0.717) is 25.9 Å². The molecule has 100 valence electrons. The third kappa shape index (κ3) is 5.75. The molecule has 0 aliphatic heterocycles. The van der Waals surface area contributed by atoms with E-state index in [-0.39, 0.29) is 18.6 Å². The van der Waals surface area contributed by atoms with Gasteiger partial charge in [-0.15, -0.1) is 0 Å². The molecule has 2 N–H and O–H groups in total. The summed E-state index contributed by atoms with van der Waals surface area (Å²) in [5, 5.41) is 11.7. The summed E-state index contributed by atoms with van der Waals surface area (Å²) in [4.78, 5) is 15.6. The number of pyridine rings is 1. The smallest absolute Gasteiger partial charge is 0.220 e. The number of amides is 1. The van der Waals surface area contributed by atoms with Crippen LogP contribution in [0.1, 0.15) is 18.4 Å². The Morgan fingerprint density at radius 2 is 2.22 bits per heavy atom. The third-order valence-corrected chi connectivity index (χ3v) is 2.60. The first-order valence-electron chi connectivity index (χ1n) is 6.04. The molecule has 0 aliphatic rings. The Morgan fingerprint density at radius 1 is 1.50 bits per heavy atom. The number of aryl methyl sites for hydroxylation is 1. The number of nitrogens with zero attached hydrogens (tertiary/aromatic N) is 1. The van der Waals surface area contributed by atoms with Gasteiger partial charge in [-0.25, -0.2) is 0 Å². The van der Waals surface area contributed by atoms with Gasteiger partial charge in [0, 0.05) is 32.5 Å². The molecule has 1 unspecified atom stereocenters. The van der Waals surface area contributed by atoms with Crippen molar-refractivity contribution < 1.29 is 14.6 Å². The number of carbonyl (C=O) groups excluding carboxylic acids is 1. The Labute approximate surface area is 107 Å². The van der Waals surface area contributed by atoms with Gasteiger partial charge in [-0.1, -0.05) is 0 Å². The van der Waals surface area contributed by atoms with Crippen LogP contribution in [0.5, 0.6) is 0 Å². The topological polar surface area (TPSA) is 71.5 Å². The fourth-order valence-corrected chi connectivity index (χ4v) is 1.66. The first-order valence-corrected chi connectivity index (χ1v) is 6.04. The van der Waals surface area contributed by atoms with Crippen LogP contribution in [-0.4, -0.2) is 42.4 Å². The van der Waals surface area contributed by atoms with Crippen molar-refractivity contribution in [3.05, 3.63) is 30.1 Å². The number of aliphatic hydroxyl groups excluding tert-OH is 1. The molecule has 1 heterocycles. The van der Waals surface area contributed by atoms with Crippen molar-refractivity contribution in [3.8, 4) is 0 Å². The lowest BCUT2D eigenvalue weighted by molar-refractivity contribution is -0.122. The van der Waals surface area contributed by atoms with Crippen LogP contribution in [0.3, 0.4) is 0 Å². The molecule has 0 radical (unpaired) electrons. The summed E-state index contributed by atoms with van der Waals surface area (Å²) in [6.07, 6.45) is 5.05. The Hall–Kier alpha value is -1.46. The normalized spacial score (nSPS) is 12.1. The molecule has 5 heteroatoms. The molecule has 1 atom stereocenters. The van der Waals surface area contributed by atoms with E-state index in [4.69, 9.17) is 9.84 Å². The largest absolute Gasteiger partial charge is 0.396 e. The molecule has 1 aromatic heterocycles. The summed E-state index contributed by atoms with van der Waals surface area (Å²) in [5.41, 5.74) is 1.09. The van der Waals surface area contributed by atoms with Gasteiger partial charge in [-0.2, -0.15) is 0 Å². The standard InChI is InChI=1S/C13H20N2O3/c1-18-10-12(6-9-16)15-13(17)3-2-11-4-7-14-8-5-11/h4-5,7-8,12,16H,2-3,6,9-10H2,1H3,(H,15,17). The molecule has 0 aliphatic carbocycles. The maximum atomic E-state index is 11.7. The summed E-state index contributed by atoms with van der Waals surface area (Å²) in [6.45, 7) is 0.459. The predicted octanol–water partition coefficient (Wildman–Crippen LogP) is 0.528. The zero-order valence-electron chi connectivity index (χ0n) is 10.6. The number of methoxy groups -OCH3 is 1. The second-order valence-electron chi connectivity index (χ2n) is 4.09. The molecule has 0 aromatic carbocycles. The number of ether oxygens (including phenoxy) is 1. The van der Waals surface area contributed by atoms with Gasteiger partial charge in [0.05, 0.1) is 12.6 Å². The summed E-state index contributed by atoms with van der Waals surface area (Å²) in [6, 6.07) is 3.67. The highest BCUT2D eigenvalue weighted by Crippen LogP contribution is 2.01. The minimum atomic E-state index is -0.120. The number of rotatable bonds is 8. The molecule has 1 rings (SSSR count). The van der Waals surface area contributed by atoms with Gasteiger partial charge < -0.3 is 15.2 Å². The predicted molar refractivity (Wildman–Crippen MR) is 68.1 cm³/mol. The first kappa shape index (κ1) is 14.6. The average Bonchev–Trinajstić information content (AvgIpc) is 2.38. The summed E-state index contributed by atoms with van der Waals surface area (Å²) >= 11 is 0. The maximum Gasteiger partial charge on any atom is 0.220 e. The molecular formula is C13H20N2O3. The number of nitrogens with one attached hydrogen (secondary N) is 1. The molecular weight excluding hydrogens is 232 g/mol. The molecule has 18 heavy (non-hydrogen) atoms. The number of hydrogen-bond donors (Lipinski definition) is 2. The highest BCUT2D eigenvalue weighted by Gasteiger charge is 2.11. The van der Waals surface area contributed by atoms with Crippen LogP contribution < -0.4 is 5.32 Å². The van der Waals surface area contributed by atoms with Crippen LogP contribution in [0.4, 0.5) is 0 Å². The van der Waals surface area contributed by atoms with Crippen LogP contribution in [0, 0.1) is 0 Å². The molecule has 0 bridgehead atoms. The Balaban J connectivity index is 2.31. The van der Waals surface area contributed by atoms with Crippen molar-refractivity contribution >= 4 is 5.91 Å². The van der Waals surface area contributed by atoms with Gasteiger partial charge in [-0.05, 0) is 30.5 Å². The lowest BCUT2D eigenvalue weighted by Crippen LogP contribution is -2.38. The Bertz CT molecular complexity index is 337. The third-order valence-electron chi connectivity index (χ3n) is 2.60. The number of carbonyl (C=O) groups is 1. The lowest BCUT2D eigenvalue weighted by atomic mass is 10.1. The van der Waals surface area contributed by atoms with Gasteiger partial charge in [0.25, 0.3) is 0 Å². The highest BCUT2D eigenvalue weighted by atomic mass is 16.5. The zero-order valence-corrected chi connectivity index (χ0v) is 10.6. The van der Waals surface area contributed by atoms with Crippen LogP contribution in [0.25, 0.3) is 0 Å². The van der Waals surface area contributed by atoms with Gasteiger partial charge >= 0.3 is 0 Å². The van der Waals surface area contributed by atoms with Crippen LogP contribution in [-0.2, 0) is 16.0 Å². The quantitative estimate of drug-likeness (QED) is 0.708. The molecule has 0 spiro atoms. The number of hydrogen-bond acceptors (Lipinski definition) is 4. The SMILES string of the molecule is COCC(CCO)NC(=O)CCc1ccncc1. The monoisotopic (exact) mass is 252 g/mol. The van der Waals surface area contributed by atoms with E-state index >= 15 is 0 Å². The number of aliphatic hydroxyl groups is 1. The van der Waals surface area contributed by atoms with Crippen molar-refractivity contribution in [2.45, 2.75) is 25.3 Å². The minimum absolute atomic E-state index is 0.0256. The molecule has 1 aromatic rings. The van der Waals surface area contributed by atoms with Crippen LogP contribution in [0.2, 0.25) is 0 Å². The van der Waals surface area contributed by atoms with Gasteiger partial charge in [0.2, 0.25) is 5.91 Å². The van der Waals surface area contributed by atoms with E-state index < -0.39 is 0 Å². The van der Waals surface area contributed by atoms with Crippen LogP contribution >= 0.6 is 0 Å². The van der Waals surface area contributed by atoms with E-state index in [9.17, 15) is 4.79 Å². The summed E-state index contributed by atoms with van der Waals surface area (Å²) < 4.78 is 4.99. The molecule has 1 amide bonds. The fraction of sp³-hybridized carbons (Fsp3) is 0.538.